The summed E-state index contributed by atoms with van der Waals surface area (Å²) in [5, 5.41) is 3.68. The van der Waals surface area contributed by atoms with E-state index in [-0.39, 0.29) is 0 Å². The highest BCUT2D eigenvalue weighted by atomic mass is 15.1. The molecule has 0 aromatic carbocycles. The maximum Gasteiger partial charge on any atom is 0.0946 e. The maximum absolute atomic E-state index is 4.07. The van der Waals surface area contributed by atoms with Gasteiger partial charge in [0.15, 0.2) is 0 Å². The number of aromatic nitrogens is 2. The minimum atomic E-state index is 0.713. The molecule has 1 aromatic heterocycles. The Morgan fingerprint density at radius 2 is 2.00 bits per heavy atom. The molecule has 2 rings (SSSR count). The van der Waals surface area contributed by atoms with E-state index >= 15 is 0 Å². The molecule has 1 saturated heterocycles. The number of imidazole rings is 1. The molecule has 4 nitrogen and oxygen atoms in total. The van der Waals surface area contributed by atoms with E-state index in [4.69, 9.17) is 0 Å². The van der Waals surface area contributed by atoms with Gasteiger partial charge in [-0.2, -0.15) is 0 Å². The Labute approximate surface area is 123 Å². The van der Waals surface area contributed by atoms with E-state index in [1.165, 1.54) is 58.2 Å². The minimum Gasteiger partial charge on any atom is -0.336 e. The Kier molecular flexibility index (Phi) is 7.09. The Balaban J connectivity index is 1.50. The number of nitrogens with one attached hydrogen (secondary N) is 1. The molecule has 0 bridgehead atoms. The quantitative estimate of drug-likeness (QED) is 0.705. The summed E-state index contributed by atoms with van der Waals surface area (Å²) in [6.45, 7) is 8.21. The molecule has 0 atom stereocenters. The highest BCUT2D eigenvalue weighted by Gasteiger charge is 2.17. The van der Waals surface area contributed by atoms with Gasteiger partial charge >= 0.3 is 0 Å². The number of piperidine rings is 1. The van der Waals surface area contributed by atoms with E-state index in [0.717, 1.165) is 13.1 Å². The molecule has 4 heteroatoms. The lowest BCUT2D eigenvalue weighted by molar-refractivity contribution is 0.194. The van der Waals surface area contributed by atoms with Crippen LogP contribution in [0.4, 0.5) is 0 Å². The highest BCUT2D eigenvalue weighted by molar-refractivity contribution is 4.78. The summed E-state index contributed by atoms with van der Waals surface area (Å²) in [7, 11) is 0. The van der Waals surface area contributed by atoms with Gasteiger partial charge in [-0.3, -0.25) is 0 Å². The van der Waals surface area contributed by atoms with E-state index in [1.54, 1.807) is 0 Å². The standard InChI is InChI=1S/C16H30N4/c1-2-3-4-5-10-19-11-6-16(7-12-19)18-9-14-20-13-8-17-15-20/h8,13,15-16,18H,2-7,9-12,14H2,1H3. The van der Waals surface area contributed by atoms with E-state index < -0.39 is 0 Å². The molecule has 0 aliphatic carbocycles. The zero-order chi connectivity index (χ0) is 14.0. The van der Waals surface area contributed by atoms with Crippen LogP contribution in [0, 0.1) is 0 Å². The van der Waals surface area contributed by atoms with Gasteiger partial charge in [-0.15, -0.1) is 0 Å². The Bertz CT molecular complexity index is 328. The fourth-order valence-corrected chi connectivity index (χ4v) is 2.94. The molecule has 114 valence electrons. The second-order valence-corrected chi connectivity index (χ2v) is 5.93. The van der Waals surface area contributed by atoms with Gasteiger partial charge in [0.05, 0.1) is 6.33 Å². The molecule has 0 saturated carbocycles. The molecule has 1 fully saturated rings. The molecule has 0 amide bonds. The van der Waals surface area contributed by atoms with Gasteiger partial charge in [0, 0.05) is 31.5 Å². The number of nitrogens with zero attached hydrogens (tertiary/aromatic N) is 3. The van der Waals surface area contributed by atoms with Gasteiger partial charge in [-0.25, -0.2) is 4.98 Å². The smallest absolute Gasteiger partial charge is 0.0946 e. The average molecular weight is 278 g/mol. The predicted molar refractivity (Wildman–Crippen MR) is 83.8 cm³/mol. The fraction of sp³-hybridized carbons (Fsp3) is 0.812. The monoisotopic (exact) mass is 278 g/mol. The summed E-state index contributed by atoms with van der Waals surface area (Å²) in [6, 6.07) is 0.713. The summed E-state index contributed by atoms with van der Waals surface area (Å²) in [4.78, 5) is 6.71. The van der Waals surface area contributed by atoms with Crippen LogP contribution in [0.2, 0.25) is 0 Å². The lowest BCUT2D eigenvalue weighted by Gasteiger charge is -2.32. The van der Waals surface area contributed by atoms with Crippen molar-refractivity contribution < 1.29 is 0 Å². The number of unbranched alkanes of at least 4 members (excludes halogenated alkanes) is 3. The first-order valence-corrected chi connectivity index (χ1v) is 8.30. The first-order valence-electron chi connectivity index (χ1n) is 8.30. The van der Waals surface area contributed by atoms with Crippen LogP contribution in [-0.2, 0) is 6.54 Å². The van der Waals surface area contributed by atoms with Crippen molar-refractivity contribution in [3.63, 3.8) is 0 Å². The van der Waals surface area contributed by atoms with Crippen molar-refractivity contribution in [1.82, 2.24) is 19.8 Å². The summed E-state index contributed by atoms with van der Waals surface area (Å²) in [5.74, 6) is 0. The van der Waals surface area contributed by atoms with Gasteiger partial charge < -0.3 is 14.8 Å². The van der Waals surface area contributed by atoms with Crippen LogP contribution in [0.1, 0.15) is 45.4 Å². The minimum absolute atomic E-state index is 0.713. The molecule has 0 unspecified atom stereocenters. The Morgan fingerprint density at radius 3 is 2.70 bits per heavy atom. The molecular weight excluding hydrogens is 248 g/mol. The number of hydrogen-bond acceptors (Lipinski definition) is 3. The van der Waals surface area contributed by atoms with Crippen molar-refractivity contribution in [1.29, 1.82) is 0 Å². The second-order valence-electron chi connectivity index (χ2n) is 5.93. The summed E-state index contributed by atoms with van der Waals surface area (Å²) >= 11 is 0. The van der Waals surface area contributed by atoms with Crippen LogP contribution in [-0.4, -0.2) is 46.7 Å². The van der Waals surface area contributed by atoms with E-state index in [2.05, 4.69) is 26.7 Å². The largest absolute Gasteiger partial charge is 0.336 e. The summed E-state index contributed by atoms with van der Waals surface area (Å²) in [6.07, 6.45) is 13.9. The van der Waals surface area contributed by atoms with Crippen molar-refractivity contribution in [3.8, 4) is 0 Å². The lowest BCUT2D eigenvalue weighted by Crippen LogP contribution is -2.43. The van der Waals surface area contributed by atoms with Crippen LogP contribution in [0.3, 0.4) is 0 Å². The molecule has 1 aromatic rings. The number of hydrogen-bond donors (Lipinski definition) is 1. The fourth-order valence-electron chi connectivity index (χ4n) is 2.94. The molecule has 1 aliphatic rings. The molecule has 1 aliphatic heterocycles. The molecule has 1 N–H and O–H groups in total. The van der Waals surface area contributed by atoms with Gasteiger partial charge in [-0.1, -0.05) is 26.2 Å². The SMILES string of the molecule is CCCCCCN1CCC(NCCn2ccnc2)CC1. The lowest BCUT2D eigenvalue weighted by atomic mass is 10.0. The third-order valence-corrected chi connectivity index (χ3v) is 4.28. The van der Waals surface area contributed by atoms with E-state index in [9.17, 15) is 0 Å². The summed E-state index contributed by atoms with van der Waals surface area (Å²) in [5.41, 5.74) is 0. The van der Waals surface area contributed by atoms with Crippen molar-refractivity contribution in [2.45, 2.75) is 58.0 Å². The van der Waals surface area contributed by atoms with Crippen molar-refractivity contribution >= 4 is 0 Å². The number of likely N-dealkylation sites (tertiary alicyclic amines) is 1. The molecule has 2 heterocycles. The first kappa shape index (κ1) is 15.5. The van der Waals surface area contributed by atoms with Crippen LogP contribution in [0.5, 0.6) is 0 Å². The van der Waals surface area contributed by atoms with Crippen molar-refractivity contribution in [3.05, 3.63) is 18.7 Å². The molecular formula is C16H30N4. The normalized spacial score (nSPS) is 17.6. The van der Waals surface area contributed by atoms with Gasteiger partial charge in [-0.05, 0) is 38.9 Å². The predicted octanol–water partition coefficient (Wildman–Crippen LogP) is 2.52. The average Bonchev–Trinajstić information content (AvgIpc) is 2.98. The van der Waals surface area contributed by atoms with Gasteiger partial charge in [0.25, 0.3) is 0 Å². The molecule has 0 spiro atoms. The van der Waals surface area contributed by atoms with Gasteiger partial charge in [0.1, 0.15) is 0 Å². The third kappa shape index (κ3) is 5.63. The third-order valence-electron chi connectivity index (χ3n) is 4.28. The first-order chi connectivity index (χ1) is 9.88. The van der Waals surface area contributed by atoms with Crippen LogP contribution < -0.4 is 5.32 Å². The molecule has 0 radical (unpaired) electrons. The van der Waals surface area contributed by atoms with E-state index in [1.807, 2.05) is 18.7 Å². The summed E-state index contributed by atoms with van der Waals surface area (Å²) < 4.78 is 2.13. The van der Waals surface area contributed by atoms with Crippen LogP contribution >= 0.6 is 0 Å². The zero-order valence-corrected chi connectivity index (χ0v) is 12.9. The Morgan fingerprint density at radius 1 is 1.15 bits per heavy atom. The van der Waals surface area contributed by atoms with Crippen LogP contribution in [0.15, 0.2) is 18.7 Å². The van der Waals surface area contributed by atoms with Crippen LogP contribution in [0.25, 0.3) is 0 Å². The Hall–Kier alpha value is -0.870. The van der Waals surface area contributed by atoms with Gasteiger partial charge in [0.2, 0.25) is 0 Å². The zero-order valence-electron chi connectivity index (χ0n) is 12.9. The topological polar surface area (TPSA) is 33.1 Å². The van der Waals surface area contributed by atoms with E-state index in [0.29, 0.717) is 6.04 Å². The number of rotatable bonds is 9. The molecule has 20 heavy (non-hydrogen) atoms. The van der Waals surface area contributed by atoms with Crippen molar-refractivity contribution in [2.24, 2.45) is 0 Å². The van der Waals surface area contributed by atoms with Crippen molar-refractivity contribution in [2.75, 3.05) is 26.2 Å². The second kappa shape index (κ2) is 9.14. The maximum atomic E-state index is 4.07. The highest BCUT2D eigenvalue weighted by Crippen LogP contribution is 2.11.